The van der Waals surface area contributed by atoms with Gasteiger partial charge in [-0.25, -0.2) is 4.98 Å². The Morgan fingerprint density at radius 1 is 1.35 bits per heavy atom. The van der Waals surface area contributed by atoms with Gasteiger partial charge in [0.1, 0.15) is 5.82 Å². The maximum absolute atomic E-state index is 12.0. The maximum Gasteiger partial charge on any atom is 0.229 e. The Balaban J connectivity index is 2.05. The van der Waals surface area contributed by atoms with E-state index in [-0.39, 0.29) is 17.7 Å². The lowest BCUT2D eigenvalue weighted by molar-refractivity contribution is -0.121. The summed E-state index contributed by atoms with van der Waals surface area (Å²) in [6.07, 6.45) is 3.40. The van der Waals surface area contributed by atoms with Crippen LogP contribution >= 0.6 is 15.9 Å². The summed E-state index contributed by atoms with van der Waals surface area (Å²) < 4.78 is 6.42. The lowest BCUT2D eigenvalue weighted by atomic mass is 9.80. The maximum atomic E-state index is 12.0. The largest absolute Gasteiger partial charge is 0.381 e. The smallest absolute Gasteiger partial charge is 0.229 e. The normalized spacial score (nSPS) is 27.7. The highest BCUT2D eigenvalue weighted by atomic mass is 79.9. The highest BCUT2D eigenvalue weighted by Crippen LogP contribution is 2.40. The molecule has 1 fully saturated rings. The van der Waals surface area contributed by atoms with Crippen LogP contribution in [0, 0.1) is 5.92 Å². The van der Waals surface area contributed by atoms with Gasteiger partial charge in [-0.1, -0.05) is 0 Å². The van der Waals surface area contributed by atoms with Crippen LogP contribution in [0.5, 0.6) is 0 Å². The predicted octanol–water partition coefficient (Wildman–Crippen LogP) is 2.31. The van der Waals surface area contributed by atoms with Gasteiger partial charge in [-0.3, -0.25) is 4.79 Å². The Kier molecular flexibility index (Phi) is 2.88. The zero-order valence-corrected chi connectivity index (χ0v) is 10.9. The van der Waals surface area contributed by atoms with Gasteiger partial charge in [-0.05, 0) is 40.4 Å². The molecule has 5 heteroatoms. The fourth-order valence-corrected chi connectivity index (χ4v) is 3.01. The molecule has 2 aliphatic rings. The Hall–Kier alpha value is -0.940. The molecule has 3 heterocycles. The molecule has 17 heavy (non-hydrogen) atoms. The van der Waals surface area contributed by atoms with E-state index in [9.17, 15) is 4.79 Å². The molecule has 4 nitrogen and oxygen atoms in total. The van der Waals surface area contributed by atoms with Crippen molar-refractivity contribution in [1.29, 1.82) is 0 Å². The van der Waals surface area contributed by atoms with Crippen LogP contribution < -0.4 is 5.32 Å². The van der Waals surface area contributed by atoms with Crippen molar-refractivity contribution in [3.8, 4) is 0 Å². The van der Waals surface area contributed by atoms with Crippen LogP contribution in [0.3, 0.4) is 0 Å². The van der Waals surface area contributed by atoms with E-state index in [1.807, 2.05) is 0 Å². The third kappa shape index (κ3) is 1.98. The van der Waals surface area contributed by atoms with Crippen LogP contribution in [0.25, 0.3) is 0 Å². The van der Waals surface area contributed by atoms with Gasteiger partial charge in [-0.15, -0.1) is 0 Å². The molecule has 3 rings (SSSR count). The Bertz CT molecular complexity index is 464. The number of anilines is 1. The van der Waals surface area contributed by atoms with E-state index in [1.165, 1.54) is 0 Å². The molecule has 0 bridgehead atoms. The molecule has 2 atom stereocenters. The fraction of sp³-hybridized carbons (Fsp3) is 0.500. The summed E-state index contributed by atoms with van der Waals surface area (Å²) in [6, 6.07) is 2.06. The van der Waals surface area contributed by atoms with Crippen molar-refractivity contribution >= 4 is 27.7 Å². The molecule has 1 N–H and O–H groups in total. The number of ether oxygens (including phenoxy) is 1. The molecule has 0 spiro atoms. The number of nitrogens with zero attached hydrogens (tertiary/aromatic N) is 1. The second kappa shape index (κ2) is 4.38. The fourth-order valence-electron chi connectivity index (χ4n) is 2.66. The summed E-state index contributed by atoms with van der Waals surface area (Å²) in [7, 11) is 0. The van der Waals surface area contributed by atoms with E-state index < -0.39 is 0 Å². The zero-order chi connectivity index (χ0) is 11.8. The monoisotopic (exact) mass is 296 g/mol. The minimum atomic E-state index is 0.0288. The summed E-state index contributed by atoms with van der Waals surface area (Å²) >= 11 is 3.44. The molecule has 0 saturated carbocycles. The topological polar surface area (TPSA) is 51.2 Å². The van der Waals surface area contributed by atoms with Crippen molar-refractivity contribution < 1.29 is 9.53 Å². The van der Waals surface area contributed by atoms with Crippen molar-refractivity contribution in [2.75, 3.05) is 18.5 Å². The Morgan fingerprint density at radius 3 is 2.94 bits per heavy atom. The molecule has 1 saturated heterocycles. The number of pyridine rings is 1. The number of aromatic nitrogens is 1. The van der Waals surface area contributed by atoms with Gasteiger partial charge in [0.25, 0.3) is 0 Å². The van der Waals surface area contributed by atoms with Crippen molar-refractivity contribution in [3.05, 3.63) is 22.3 Å². The van der Waals surface area contributed by atoms with Gasteiger partial charge < -0.3 is 10.1 Å². The second-order valence-electron chi connectivity index (χ2n) is 4.48. The van der Waals surface area contributed by atoms with Gasteiger partial charge in [0, 0.05) is 35.7 Å². The summed E-state index contributed by atoms with van der Waals surface area (Å²) in [5, 5.41) is 2.89. The third-order valence-corrected chi connectivity index (χ3v) is 3.93. The van der Waals surface area contributed by atoms with Gasteiger partial charge in [0.15, 0.2) is 0 Å². The zero-order valence-electron chi connectivity index (χ0n) is 9.28. The van der Waals surface area contributed by atoms with E-state index in [0.29, 0.717) is 12.4 Å². The van der Waals surface area contributed by atoms with Gasteiger partial charge in [-0.2, -0.15) is 0 Å². The summed E-state index contributed by atoms with van der Waals surface area (Å²) in [5.74, 6) is 1.07. The molecular formula is C12H13BrN2O2. The van der Waals surface area contributed by atoms with Crippen LogP contribution in [0.2, 0.25) is 0 Å². The first-order chi connectivity index (χ1) is 8.25. The van der Waals surface area contributed by atoms with Crippen LogP contribution in [-0.2, 0) is 9.53 Å². The number of rotatable bonds is 0. The average molecular weight is 297 g/mol. The van der Waals surface area contributed by atoms with Crippen LogP contribution in [0.4, 0.5) is 5.82 Å². The Morgan fingerprint density at radius 2 is 2.12 bits per heavy atom. The summed E-state index contributed by atoms with van der Waals surface area (Å²) in [4.78, 5) is 16.3. The Labute approximate surface area is 108 Å². The highest BCUT2D eigenvalue weighted by Gasteiger charge is 2.37. The van der Waals surface area contributed by atoms with E-state index in [2.05, 4.69) is 32.3 Å². The highest BCUT2D eigenvalue weighted by molar-refractivity contribution is 9.10. The van der Waals surface area contributed by atoms with E-state index in [1.54, 1.807) is 6.20 Å². The number of carbonyl (C=O) groups is 1. The minimum Gasteiger partial charge on any atom is -0.381 e. The number of nitrogens with one attached hydrogen (secondary N) is 1. The number of fused-ring (bicyclic) bond motifs is 3. The van der Waals surface area contributed by atoms with Crippen LogP contribution in [-0.4, -0.2) is 24.1 Å². The van der Waals surface area contributed by atoms with Gasteiger partial charge in [0.05, 0.1) is 0 Å². The third-order valence-electron chi connectivity index (χ3n) is 3.49. The van der Waals surface area contributed by atoms with Gasteiger partial charge >= 0.3 is 0 Å². The van der Waals surface area contributed by atoms with Crippen LogP contribution in [0.1, 0.15) is 24.3 Å². The number of carbonyl (C=O) groups excluding carboxylic acids is 1. The number of halogens is 1. The molecule has 1 aromatic rings. The van der Waals surface area contributed by atoms with E-state index >= 15 is 0 Å². The lowest BCUT2D eigenvalue weighted by Crippen LogP contribution is -2.34. The van der Waals surface area contributed by atoms with Gasteiger partial charge in [0.2, 0.25) is 5.91 Å². The van der Waals surface area contributed by atoms with Crippen molar-refractivity contribution in [3.63, 3.8) is 0 Å². The molecule has 1 amide bonds. The minimum absolute atomic E-state index is 0.0288. The number of hydrogen-bond donors (Lipinski definition) is 1. The molecule has 1 aromatic heterocycles. The molecule has 90 valence electrons. The summed E-state index contributed by atoms with van der Waals surface area (Å²) in [5.41, 5.74) is 1.13. The predicted molar refractivity (Wildman–Crippen MR) is 66.9 cm³/mol. The first-order valence-electron chi connectivity index (χ1n) is 5.80. The first kappa shape index (κ1) is 11.2. The van der Waals surface area contributed by atoms with Crippen molar-refractivity contribution in [2.24, 2.45) is 5.92 Å². The molecule has 2 unspecified atom stereocenters. The number of hydrogen-bond acceptors (Lipinski definition) is 3. The summed E-state index contributed by atoms with van der Waals surface area (Å²) in [6.45, 7) is 1.39. The van der Waals surface area contributed by atoms with E-state index in [0.717, 1.165) is 29.5 Å². The molecule has 0 aromatic carbocycles. The second-order valence-corrected chi connectivity index (χ2v) is 5.40. The number of amides is 1. The molecule has 0 radical (unpaired) electrons. The SMILES string of the molecule is O=C1Nc2ncc(Br)cc2C2CCOCCC12. The van der Waals surface area contributed by atoms with Crippen LogP contribution in [0.15, 0.2) is 16.7 Å². The quantitative estimate of drug-likeness (QED) is 0.799. The van der Waals surface area contributed by atoms with Crippen molar-refractivity contribution in [1.82, 2.24) is 4.98 Å². The molecule has 2 aliphatic heterocycles. The molecular weight excluding hydrogens is 284 g/mol. The first-order valence-corrected chi connectivity index (χ1v) is 6.59. The standard InChI is InChI=1S/C12H13BrN2O2/c13-7-5-10-8-1-3-17-4-2-9(8)12(16)15-11(10)14-6-7/h5-6,8-9H,1-4H2,(H,14,15,16). The average Bonchev–Trinajstić information content (AvgIpc) is 2.56. The molecule has 0 aliphatic carbocycles. The van der Waals surface area contributed by atoms with E-state index in [4.69, 9.17) is 4.74 Å². The van der Waals surface area contributed by atoms with Crippen molar-refractivity contribution in [2.45, 2.75) is 18.8 Å². The lowest BCUT2D eigenvalue weighted by Gasteiger charge is -2.30.